The van der Waals surface area contributed by atoms with Gasteiger partial charge in [-0.25, -0.2) is 0 Å². The first-order chi connectivity index (χ1) is 12.5. The van der Waals surface area contributed by atoms with Crippen LogP contribution in [-0.2, 0) is 15.1 Å². The van der Waals surface area contributed by atoms with Crippen LogP contribution in [0.25, 0.3) is 0 Å². The van der Waals surface area contributed by atoms with Crippen LogP contribution in [0.2, 0.25) is 5.02 Å². The van der Waals surface area contributed by atoms with Crippen LogP contribution in [0.1, 0.15) is 11.1 Å². The third-order valence-corrected chi connectivity index (χ3v) is 5.13. The Morgan fingerprint density at radius 1 is 1.19 bits per heavy atom. The number of nitrogens with one attached hydrogen (secondary N) is 1. The minimum absolute atomic E-state index is 0.391. The molecule has 1 atom stereocenters. The van der Waals surface area contributed by atoms with Gasteiger partial charge >= 0.3 is 0 Å². The zero-order valence-electron chi connectivity index (χ0n) is 14.3. The van der Waals surface area contributed by atoms with Gasteiger partial charge in [-0.2, -0.15) is 0 Å². The Balaban J connectivity index is 1.86. The lowest BCUT2D eigenvalue weighted by molar-refractivity contribution is -0.129. The molecule has 26 heavy (non-hydrogen) atoms. The van der Waals surface area contributed by atoms with Crippen molar-refractivity contribution in [2.24, 2.45) is 0 Å². The van der Waals surface area contributed by atoms with Gasteiger partial charge in [0.2, 0.25) is 0 Å². The number of carbonyl (C=O) groups is 1. The van der Waals surface area contributed by atoms with E-state index in [1.54, 1.807) is 30.3 Å². The summed E-state index contributed by atoms with van der Waals surface area (Å²) in [4.78, 5) is 14.9. The zero-order chi connectivity index (χ0) is 18.3. The lowest BCUT2D eigenvalue weighted by Crippen LogP contribution is -2.38. The second-order valence-electron chi connectivity index (χ2n) is 6.34. The monoisotopic (exact) mass is 374 g/mol. The van der Waals surface area contributed by atoms with Gasteiger partial charge in [-0.3, -0.25) is 4.79 Å². The highest BCUT2D eigenvalue weighted by atomic mass is 35.5. The molecule has 4 rings (SSSR count). The lowest BCUT2D eigenvalue weighted by Gasteiger charge is -2.31. The van der Waals surface area contributed by atoms with E-state index >= 15 is 0 Å². The van der Waals surface area contributed by atoms with E-state index in [0.29, 0.717) is 40.8 Å². The summed E-state index contributed by atoms with van der Waals surface area (Å²) in [6.45, 7) is 2.78. The maximum atomic E-state index is 12.7. The lowest BCUT2D eigenvalue weighted by atomic mass is 9.86. The molecule has 1 saturated heterocycles. The number of methoxy groups -OCH3 is 1. The molecule has 0 aliphatic carbocycles. The Morgan fingerprint density at radius 2 is 1.96 bits per heavy atom. The Bertz CT molecular complexity index is 867. The van der Waals surface area contributed by atoms with E-state index < -0.39 is 11.5 Å². The number of fused-ring (bicyclic) bond motifs is 1. The molecule has 7 heteroatoms. The molecule has 1 unspecified atom stereocenters. The first-order valence-electron chi connectivity index (χ1n) is 8.39. The quantitative estimate of drug-likeness (QED) is 0.863. The normalized spacial score (nSPS) is 22.1. The van der Waals surface area contributed by atoms with Gasteiger partial charge in [-0.1, -0.05) is 11.6 Å². The molecule has 136 valence electrons. The highest BCUT2D eigenvalue weighted by Crippen LogP contribution is 2.46. The summed E-state index contributed by atoms with van der Waals surface area (Å²) in [6.07, 6.45) is 0. The largest absolute Gasteiger partial charge is 0.496 e. The fraction of sp³-hybridized carbons (Fsp3) is 0.316. The Morgan fingerprint density at radius 3 is 2.69 bits per heavy atom. The molecule has 1 fully saturated rings. The number of morpholine rings is 1. The minimum Gasteiger partial charge on any atom is -0.496 e. The van der Waals surface area contributed by atoms with Gasteiger partial charge < -0.3 is 24.8 Å². The number of aliphatic hydroxyl groups is 1. The molecule has 2 aliphatic rings. The summed E-state index contributed by atoms with van der Waals surface area (Å²) in [7, 11) is 1.52. The van der Waals surface area contributed by atoms with Crippen LogP contribution >= 0.6 is 11.6 Å². The number of halogens is 1. The van der Waals surface area contributed by atoms with Crippen LogP contribution in [0.15, 0.2) is 36.4 Å². The van der Waals surface area contributed by atoms with Crippen molar-refractivity contribution in [3.05, 3.63) is 52.5 Å². The van der Waals surface area contributed by atoms with Crippen LogP contribution < -0.4 is 15.0 Å². The number of carbonyl (C=O) groups excluding carboxylic acids is 1. The van der Waals surface area contributed by atoms with Crippen molar-refractivity contribution in [2.45, 2.75) is 5.60 Å². The smallest absolute Gasteiger partial charge is 0.266 e. The molecule has 0 aromatic heterocycles. The average Bonchev–Trinajstić information content (AvgIpc) is 2.93. The summed E-state index contributed by atoms with van der Waals surface area (Å²) in [5, 5.41) is 14.6. The van der Waals surface area contributed by atoms with E-state index in [4.69, 9.17) is 21.1 Å². The van der Waals surface area contributed by atoms with Gasteiger partial charge in [0.05, 0.1) is 20.3 Å². The van der Waals surface area contributed by atoms with E-state index in [2.05, 4.69) is 10.2 Å². The van der Waals surface area contributed by atoms with E-state index in [9.17, 15) is 9.90 Å². The van der Waals surface area contributed by atoms with Gasteiger partial charge in [0.25, 0.3) is 5.91 Å². The summed E-state index contributed by atoms with van der Waals surface area (Å²) in [5.74, 6) is -0.0836. The topological polar surface area (TPSA) is 71.0 Å². The number of rotatable bonds is 3. The standard InChI is InChI=1S/C19H19ClN2O4/c1-25-17-5-3-13(22-6-8-26-9-7-22)11-15(17)19(24)14-10-12(20)2-4-16(14)21-18(19)23/h2-5,10-11,24H,6-9H2,1H3,(H,21,23). The maximum absolute atomic E-state index is 12.7. The van der Waals surface area contributed by atoms with Crippen LogP contribution in [-0.4, -0.2) is 44.4 Å². The second-order valence-corrected chi connectivity index (χ2v) is 6.77. The Hall–Kier alpha value is -2.28. The van der Waals surface area contributed by atoms with E-state index in [1.807, 2.05) is 6.07 Å². The first kappa shape index (κ1) is 17.1. The van der Waals surface area contributed by atoms with Gasteiger partial charge in [0.1, 0.15) is 5.75 Å². The number of hydrogen-bond acceptors (Lipinski definition) is 5. The molecule has 0 spiro atoms. The van der Waals surface area contributed by atoms with Crippen molar-refractivity contribution < 1.29 is 19.4 Å². The van der Waals surface area contributed by atoms with Crippen molar-refractivity contribution in [1.82, 2.24) is 0 Å². The maximum Gasteiger partial charge on any atom is 0.266 e. The zero-order valence-corrected chi connectivity index (χ0v) is 15.0. The van der Waals surface area contributed by atoms with Crippen LogP contribution in [0.5, 0.6) is 5.75 Å². The molecule has 2 aliphatic heterocycles. The van der Waals surface area contributed by atoms with E-state index in [-0.39, 0.29) is 0 Å². The SMILES string of the molecule is COc1ccc(N2CCOCC2)cc1C1(O)C(=O)Nc2ccc(Cl)cc21. The Kier molecular flexibility index (Phi) is 4.26. The number of ether oxygens (including phenoxy) is 2. The predicted molar refractivity (Wildman–Crippen MR) is 99.1 cm³/mol. The molecule has 6 nitrogen and oxygen atoms in total. The third kappa shape index (κ3) is 2.61. The molecule has 0 saturated carbocycles. The average molecular weight is 375 g/mol. The minimum atomic E-state index is -1.87. The van der Waals surface area contributed by atoms with Crippen molar-refractivity contribution in [3.63, 3.8) is 0 Å². The van der Waals surface area contributed by atoms with Crippen LogP contribution in [0.4, 0.5) is 11.4 Å². The first-order valence-corrected chi connectivity index (χ1v) is 8.77. The molecule has 2 aromatic rings. The molecular weight excluding hydrogens is 356 g/mol. The third-order valence-electron chi connectivity index (χ3n) is 4.90. The highest BCUT2D eigenvalue weighted by molar-refractivity contribution is 6.31. The summed E-state index contributed by atoms with van der Waals surface area (Å²) in [5.41, 5.74) is 0.393. The molecule has 2 aromatic carbocycles. The molecule has 0 radical (unpaired) electrons. The number of amides is 1. The van der Waals surface area contributed by atoms with E-state index in [0.717, 1.165) is 18.8 Å². The second kappa shape index (κ2) is 6.46. The number of nitrogens with zero attached hydrogens (tertiary/aromatic N) is 1. The molecule has 0 bridgehead atoms. The van der Waals surface area contributed by atoms with Gasteiger partial charge in [0, 0.05) is 40.6 Å². The van der Waals surface area contributed by atoms with Crippen molar-refractivity contribution >= 4 is 28.9 Å². The summed E-state index contributed by atoms with van der Waals surface area (Å²) < 4.78 is 10.8. The number of anilines is 2. The fourth-order valence-electron chi connectivity index (χ4n) is 3.52. The van der Waals surface area contributed by atoms with Crippen molar-refractivity contribution in [3.8, 4) is 5.75 Å². The molecule has 2 N–H and O–H groups in total. The summed E-state index contributed by atoms with van der Waals surface area (Å²) in [6, 6.07) is 10.5. The molecule has 2 heterocycles. The van der Waals surface area contributed by atoms with E-state index in [1.165, 1.54) is 7.11 Å². The van der Waals surface area contributed by atoms with Gasteiger partial charge in [0.15, 0.2) is 5.60 Å². The molecular formula is C19H19ClN2O4. The Labute approximate surface area is 156 Å². The highest BCUT2D eigenvalue weighted by Gasteiger charge is 2.49. The van der Waals surface area contributed by atoms with Crippen LogP contribution in [0.3, 0.4) is 0 Å². The summed E-state index contributed by atoms with van der Waals surface area (Å²) >= 11 is 6.11. The van der Waals surface area contributed by atoms with Crippen molar-refractivity contribution in [1.29, 1.82) is 0 Å². The predicted octanol–water partition coefficient (Wildman–Crippen LogP) is 2.37. The van der Waals surface area contributed by atoms with Crippen LogP contribution in [0, 0.1) is 0 Å². The van der Waals surface area contributed by atoms with Gasteiger partial charge in [-0.05, 0) is 36.4 Å². The fourth-order valence-corrected chi connectivity index (χ4v) is 3.70. The van der Waals surface area contributed by atoms with Gasteiger partial charge in [-0.15, -0.1) is 0 Å². The molecule has 1 amide bonds. The number of hydrogen-bond donors (Lipinski definition) is 2. The van der Waals surface area contributed by atoms with Crippen molar-refractivity contribution in [2.75, 3.05) is 43.6 Å². The number of benzene rings is 2.